The van der Waals surface area contributed by atoms with Crippen LogP contribution < -0.4 is 0 Å². The molecular weight excluding hydrogens is 880 g/mol. The summed E-state index contributed by atoms with van der Waals surface area (Å²) < 4.78 is 2.36. The van der Waals surface area contributed by atoms with Crippen molar-refractivity contribution >= 4 is 21.8 Å². The largest absolute Gasteiger partial charge is 0.507 e. The molecule has 0 atom stereocenters. The van der Waals surface area contributed by atoms with Crippen LogP contribution in [0.5, 0.6) is 5.75 Å². The normalized spacial score (nSPS) is 11.1. The molecule has 10 rings (SSSR count). The average molecular weight is 913 g/mol. The number of benzene rings is 6. The number of pyridine rings is 3. The zero-order chi connectivity index (χ0) is 37.4. The monoisotopic (exact) mass is 912 g/mol. The number of aromatic nitrogens is 4. The number of phenolic OH excluding ortho intramolecular Hbond substituents is 1. The van der Waals surface area contributed by atoms with Crippen LogP contribution in [0.3, 0.4) is 0 Å². The number of nitrogens with zero attached hydrogens (tertiary/aromatic N) is 4. The Kier molecular flexibility index (Phi) is 9.59. The van der Waals surface area contributed by atoms with Crippen molar-refractivity contribution in [1.82, 2.24) is 19.5 Å². The molecule has 5 nitrogen and oxygen atoms in total. The van der Waals surface area contributed by atoms with Gasteiger partial charge in [-0.05, 0) is 70.8 Å². The van der Waals surface area contributed by atoms with Gasteiger partial charge < -0.3 is 9.67 Å². The van der Waals surface area contributed by atoms with Gasteiger partial charge in [-0.25, -0.2) is 0 Å². The Labute approximate surface area is 344 Å². The van der Waals surface area contributed by atoms with Crippen molar-refractivity contribution in [1.29, 1.82) is 0 Å². The summed E-state index contributed by atoms with van der Waals surface area (Å²) >= 11 is 0. The fourth-order valence-electron chi connectivity index (χ4n) is 7.68. The molecule has 10 aromatic rings. The summed E-state index contributed by atoms with van der Waals surface area (Å²) in [6.45, 7) is 0. The standard InChI is InChI=1S/C51H33N4O.Pt/c56-50-23-10-8-19-45(50)48-32-38(34-13-3-1-4-14-34)31-47(54-48)40-28-37(36-15-12-25-52-33-36)27-39(29-40)46-30-35(24-26-53-46)42-20-11-21-44-43-18-7-9-22-49(43)55(51(42)44)41-16-5-2-6-17-41;/h1-28,30-33,56H;/q-1;. The van der Waals surface area contributed by atoms with Crippen LogP contribution in [-0.4, -0.2) is 24.6 Å². The summed E-state index contributed by atoms with van der Waals surface area (Å²) in [5, 5.41) is 13.3. The van der Waals surface area contributed by atoms with Crippen LogP contribution in [0.25, 0.3) is 94.6 Å². The van der Waals surface area contributed by atoms with E-state index in [9.17, 15) is 5.11 Å². The SMILES string of the molecule is Oc1ccccc1-c1cc(-c2ccccc2)cc(-c2[c-]c(-c3cc(-c4cccc5c6ccccc6n(-c6ccccc6)c45)ccn3)cc(-c3cccnc3)c2)n1.[Pt]. The van der Waals surface area contributed by atoms with Crippen LogP contribution in [0.4, 0.5) is 0 Å². The first kappa shape index (κ1) is 35.7. The van der Waals surface area contributed by atoms with E-state index >= 15 is 0 Å². The van der Waals surface area contributed by atoms with Gasteiger partial charge in [-0.1, -0.05) is 132 Å². The van der Waals surface area contributed by atoms with E-state index in [1.807, 2.05) is 60.9 Å². The van der Waals surface area contributed by atoms with E-state index in [4.69, 9.17) is 9.97 Å². The van der Waals surface area contributed by atoms with Gasteiger partial charge in [0, 0.05) is 78.6 Å². The molecule has 0 spiro atoms. The van der Waals surface area contributed by atoms with Gasteiger partial charge in [-0.3, -0.25) is 15.0 Å². The summed E-state index contributed by atoms with van der Waals surface area (Å²) in [6.07, 6.45) is 5.54. The Morgan fingerprint density at radius 3 is 1.93 bits per heavy atom. The third kappa shape index (κ3) is 6.73. The van der Waals surface area contributed by atoms with Crippen molar-refractivity contribution in [3.05, 3.63) is 201 Å². The van der Waals surface area contributed by atoms with Gasteiger partial charge in [0.25, 0.3) is 0 Å². The van der Waals surface area contributed by atoms with Crippen LogP contribution >= 0.6 is 0 Å². The number of para-hydroxylation sites is 4. The van der Waals surface area contributed by atoms with Gasteiger partial charge >= 0.3 is 0 Å². The first-order valence-corrected chi connectivity index (χ1v) is 18.6. The van der Waals surface area contributed by atoms with E-state index in [2.05, 4.69) is 137 Å². The van der Waals surface area contributed by atoms with E-state index < -0.39 is 0 Å². The van der Waals surface area contributed by atoms with Crippen LogP contribution in [-0.2, 0) is 21.1 Å². The maximum absolute atomic E-state index is 10.9. The third-order valence-electron chi connectivity index (χ3n) is 10.3. The Bertz CT molecular complexity index is 3040. The van der Waals surface area contributed by atoms with E-state index in [0.717, 1.165) is 72.6 Å². The van der Waals surface area contributed by atoms with Gasteiger partial charge in [0.2, 0.25) is 0 Å². The molecule has 0 amide bonds. The van der Waals surface area contributed by atoms with Crippen molar-refractivity contribution in [3.63, 3.8) is 0 Å². The average Bonchev–Trinajstić information content (AvgIpc) is 3.62. The zero-order valence-corrected chi connectivity index (χ0v) is 32.8. The van der Waals surface area contributed by atoms with Crippen LogP contribution in [0, 0.1) is 6.07 Å². The Morgan fingerprint density at radius 2 is 1.12 bits per heavy atom. The number of phenols is 1. The molecule has 57 heavy (non-hydrogen) atoms. The zero-order valence-electron chi connectivity index (χ0n) is 30.5. The Hall–Kier alpha value is -6.94. The summed E-state index contributed by atoms with van der Waals surface area (Å²) in [6, 6.07) is 63.6. The predicted molar refractivity (Wildman–Crippen MR) is 227 cm³/mol. The van der Waals surface area contributed by atoms with Crippen molar-refractivity contribution in [2.45, 2.75) is 0 Å². The maximum Gasteiger partial charge on any atom is 0.124 e. The van der Waals surface area contributed by atoms with Crippen LogP contribution in [0.15, 0.2) is 195 Å². The minimum absolute atomic E-state index is 0. The smallest absolute Gasteiger partial charge is 0.124 e. The van der Waals surface area contributed by atoms with Crippen molar-refractivity contribution in [2.75, 3.05) is 0 Å². The minimum Gasteiger partial charge on any atom is -0.507 e. The van der Waals surface area contributed by atoms with E-state index in [0.29, 0.717) is 11.3 Å². The molecule has 6 aromatic carbocycles. The molecule has 274 valence electrons. The summed E-state index contributed by atoms with van der Waals surface area (Å²) in [4.78, 5) is 14.5. The predicted octanol–water partition coefficient (Wildman–Crippen LogP) is 12.5. The third-order valence-corrected chi connectivity index (χ3v) is 10.3. The van der Waals surface area contributed by atoms with Gasteiger partial charge in [0.15, 0.2) is 0 Å². The summed E-state index contributed by atoms with van der Waals surface area (Å²) in [7, 11) is 0. The molecule has 0 unspecified atom stereocenters. The van der Waals surface area contributed by atoms with E-state index in [-0.39, 0.29) is 26.8 Å². The number of fused-ring (bicyclic) bond motifs is 3. The molecule has 6 heteroatoms. The topological polar surface area (TPSA) is 63.8 Å². The maximum atomic E-state index is 10.9. The Balaban J connectivity index is 0.00000422. The van der Waals surface area contributed by atoms with Crippen LogP contribution in [0.1, 0.15) is 0 Å². The fourth-order valence-corrected chi connectivity index (χ4v) is 7.68. The molecular formula is C51H33N4OPt-. The van der Waals surface area contributed by atoms with Gasteiger partial charge in [-0.15, -0.1) is 18.2 Å². The second-order valence-electron chi connectivity index (χ2n) is 13.8. The van der Waals surface area contributed by atoms with E-state index in [1.165, 1.54) is 10.8 Å². The van der Waals surface area contributed by atoms with Gasteiger partial charge in [-0.2, -0.15) is 0 Å². The van der Waals surface area contributed by atoms with Gasteiger partial charge in [0.1, 0.15) is 5.75 Å². The second kappa shape index (κ2) is 15.3. The number of rotatable bonds is 7. The molecule has 0 saturated carbocycles. The van der Waals surface area contributed by atoms with Crippen LogP contribution in [0.2, 0.25) is 0 Å². The molecule has 1 N–H and O–H groups in total. The van der Waals surface area contributed by atoms with Gasteiger partial charge in [0.05, 0.1) is 16.7 Å². The second-order valence-corrected chi connectivity index (χ2v) is 13.8. The Morgan fingerprint density at radius 1 is 0.474 bits per heavy atom. The first-order chi connectivity index (χ1) is 27.7. The molecule has 0 bridgehead atoms. The minimum atomic E-state index is 0. The summed E-state index contributed by atoms with van der Waals surface area (Å²) in [5.41, 5.74) is 14.0. The molecule has 0 aliphatic carbocycles. The van der Waals surface area contributed by atoms with Crippen molar-refractivity contribution in [3.8, 4) is 78.6 Å². The number of hydrogen-bond donors (Lipinski definition) is 1. The summed E-state index contributed by atoms with van der Waals surface area (Å²) in [5.74, 6) is 0.173. The van der Waals surface area contributed by atoms with Crippen molar-refractivity contribution in [2.24, 2.45) is 0 Å². The van der Waals surface area contributed by atoms with E-state index in [1.54, 1.807) is 12.3 Å². The molecule has 4 heterocycles. The number of aromatic hydroxyl groups is 1. The molecule has 0 saturated heterocycles. The quantitative estimate of drug-likeness (QED) is 0.162. The molecule has 0 aliphatic heterocycles. The fraction of sp³-hybridized carbons (Fsp3) is 0. The number of hydrogen-bond acceptors (Lipinski definition) is 4. The molecule has 4 aromatic heterocycles. The molecule has 0 fully saturated rings. The molecule has 0 radical (unpaired) electrons. The van der Waals surface area contributed by atoms with Crippen molar-refractivity contribution < 1.29 is 26.2 Å². The molecule has 0 aliphatic rings. The first-order valence-electron chi connectivity index (χ1n) is 18.6.